The molecule has 0 aromatic rings. The van der Waals surface area contributed by atoms with Gasteiger partial charge in [-0.05, 0) is 0 Å². The Hall–Kier alpha value is 1.25. The van der Waals surface area contributed by atoms with E-state index in [-0.39, 0.29) is 17.0 Å². The Labute approximate surface area is 120 Å². The number of hydrogen-bond acceptors (Lipinski definition) is 0. The van der Waals surface area contributed by atoms with Crippen LogP contribution >= 0.6 is 0 Å². The fourth-order valence-electron chi connectivity index (χ4n) is 1.84. The van der Waals surface area contributed by atoms with Crippen molar-refractivity contribution in [1.82, 2.24) is 0 Å². The van der Waals surface area contributed by atoms with E-state index in [1.165, 1.54) is 75.2 Å². The van der Waals surface area contributed by atoms with Gasteiger partial charge in [-0.25, -0.2) is 0 Å². The van der Waals surface area contributed by atoms with Gasteiger partial charge in [0, 0.05) is 0 Å². The zero-order chi connectivity index (χ0) is 10.5. The Bertz CT molecular complexity index is 84.5. The van der Waals surface area contributed by atoms with E-state index < -0.39 is 0 Å². The molecule has 0 saturated heterocycles. The summed E-state index contributed by atoms with van der Waals surface area (Å²) in [5.74, 6) is 0. The summed E-state index contributed by atoms with van der Waals surface area (Å²) >= 11 is 2.11. The first-order valence-corrected chi connectivity index (χ1v) is 7.71. The fourth-order valence-corrected chi connectivity index (χ4v) is 2.19. The van der Waals surface area contributed by atoms with E-state index in [2.05, 4.69) is 28.6 Å². The van der Waals surface area contributed by atoms with E-state index in [1.807, 2.05) is 0 Å². The standard InChI is InChI=1S/C13H27.BrH.Mg/c1-3-5-7-9-11-13-12-10-8-6-4-2;;/h1,3-13H2,2H3;1H;/q;;+1/p-1. The van der Waals surface area contributed by atoms with Crippen molar-refractivity contribution in [3.05, 3.63) is 0 Å². The summed E-state index contributed by atoms with van der Waals surface area (Å²) in [6.45, 7) is 2.29. The zero-order valence-electron chi connectivity index (χ0n) is 10.6. The Morgan fingerprint density at radius 3 is 1.27 bits per heavy atom. The summed E-state index contributed by atoms with van der Waals surface area (Å²) in [6.07, 6.45) is 16.1. The van der Waals surface area contributed by atoms with Gasteiger partial charge in [0.1, 0.15) is 0 Å². The summed E-state index contributed by atoms with van der Waals surface area (Å²) in [5.41, 5.74) is 0. The van der Waals surface area contributed by atoms with Crippen molar-refractivity contribution in [3.63, 3.8) is 0 Å². The molecule has 0 aliphatic carbocycles. The maximum atomic E-state index is 2.29. The van der Waals surface area contributed by atoms with Crippen molar-refractivity contribution in [2.24, 2.45) is 0 Å². The third-order valence-corrected chi connectivity index (χ3v) is 3.35. The average Bonchev–Trinajstić information content (AvgIpc) is 2.21. The van der Waals surface area contributed by atoms with Crippen molar-refractivity contribution in [2.75, 3.05) is 0 Å². The van der Waals surface area contributed by atoms with Gasteiger partial charge in [0.05, 0.1) is 0 Å². The molecule has 0 aromatic carbocycles. The Kier molecular flexibility index (Phi) is 21.9. The molecule has 0 saturated carbocycles. The van der Waals surface area contributed by atoms with Crippen molar-refractivity contribution < 1.29 is 17.0 Å². The number of unbranched alkanes of at least 4 members (excludes halogenated alkanes) is 10. The van der Waals surface area contributed by atoms with E-state index >= 15 is 0 Å². The summed E-state index contributed by atoms with van der Waals surface area (Å²) in [6, 6.07) is 0. The van der Waals surface area contributed by atoms with Crippen LogP contribution in [0, 0.1) is 0 Å². The molecule has 0 aliphatic rings. The molecule has 0 amide bonds. The predicted molar refractivity (Wildman–Crippen MR) is 67.0 cm³/mol. The molecule has 0 rings (SSSR count). The van der Waals surface area contributed by atoms with Crippen molar-refractivity contribution in [3.8, 4) is 0 Å². The molecule has 0 radical (unpaired) electrons. The first-order chi connectivity index (χ1) is 6.91. The number of hydrogen-bond donors (Lipinski definition) is 0. The van der Waals surface area contributed by atoms with Crippen molar-refractivity contribution >= 4 is 21.7 Å². The second-order valence-electron chi connectivity index (χ2n) is 4.39. The molecular formula is C13H27BrMg. The molecule has 0 heterocycles. The van der Waals surface area contributed by atoms with E-state index in [1.54, 1.807) is 0 Å². The molecule has 0 atom stereocenters. The second kappa shape index (κ2) is 17.6. The minimum absolute atomic E-state index is 0. The van der Waals surface area contributed by atoms with Gasteiger partial charge in [-0.15, -0.1) is 0 Å². The molecule has 0 spiro atoms. The van der Waals surface area contributed by atoms with Crippen LogP contribution in [0.15, 0.2) is 0 Å². The van der Waals surface area contributed by atoms with Crippen molar-refractivity contribution in [2.45, 2.75) is 82.1 Å². The third-order valence-electron chi connectivity index (χ3n) is 2.85. The molecule has 0 bridgehead atoms. The largest absolute Gasteiger partial charge is 1.00 e. The van der Waals surface area contributed by atoms with Gasteiger partial charge in [-0.1, -0.05) is 6.92 Å². The maximum Gasteiger partial charge on any atom is -1.00 e. The maximum absolute atomic E-state index is 2.29. The predicted octanol–water partition coefficient (Wildman–Crippen LogP) is 1.89. The Morgan fingerprint density at radius 2 is 0.933 bits per heavy atom. The van der Waals surface area contributed by atoms with E-state index in [0.717, 1.165) is 0 Å². The van der Waals surface area contributed by atoms with Gasteiger partial charge in [-0.2, -0.15) is 0 Å². The van der Waals surface area contributed by atoms with Crippen LogP contribution in [0.2, 0.25) is 4.55 Å². The summed E-state index contributed by atoms with van der Waals surface area (Å²) < 4.78 is 1.40. The topological polar surface area (TPSA) is 0 Å². The molecule has 15 heavy (non-hydrogen) atoms. The number of halogens is 1. The van der Waals surface area contributed by atoms with Crippen LogP contribution in [0.4, 0.5) is 0 Å². The minimum atomic E-state index is 0. The molecule has 0 aromatic heterocycles. The van der Waals surface area contributed by atoms with E-state index in [9.17, 15) is 0 Å². The van der Waals surface area contributed by atoms with Gasteiger partial charge in [0.25, 0.3) is 0 Å². The van der Waals surface area contributed by atoms with E-state index in [4.69, 9.17) is 0 Å². The smallest absolute Gasteiger partial charge is 1.00 e. The summed E-state index contributed by atoms with van der Waals surface area (Å²) in [5, 5.41) is 0. The SMILES string of the molecule is CCCCCCCCCCCC[CH2][Mg+].[Br-]. The fraction of sp³-hybridized carbons (Fsp3) is 1.00. The quantitative estimate of drug-likeness (QED) is 0.402. The van der Waals surface area contributed by atoms with Crippen LogP contribution < -0.4 is 17.0 Å². The zero-order valence-corrected chi connectivity index (χ0v) is 13.6. The van der Waals surface area contributed by atoms with E-state index in [0.29, 0.717) is 0 Å². The second-order valence-corrected chi connectivity index (χ2v) is 5.10. The Morgan fingerprint density at radius 1 is 0.600 bits per heavy atom. The van der Waals surface area contributed by atoms with Gasteiger partial charge < -0.3 is 17.0 Å². The van der Waals surface area contributed by atoms with Crippen LogP contribution in [0.25, 0.3) is 0 Å². The van der Waals surface area contributed by atoms with Crippen LogP contribution in [0.5, 0.6) is 0 Å². The van der Waals surface area contributed by atoms with Crippen LogP contribution in [-0.4, -0.2) is 21.7 Å². The third kappa shape index (κ3) is 17.8. The van der Waals surface area contributed by atoms with Crippen LogP contribution in [0.1, 0.15) is 77.6 Å². The molecule has 0 nitrogen and oxygen atoms in total. The van der Waals surface area contributed by atoms with Gasteiger partial charge in [0.15, 0.2) is 0 Å². The normalized spacial score (nSPS) is 10.1. The molecule has 2 heteroatoms. The van der Waals surface area contributed by atoms with Gasteiger partial charge in [-0.3, -0.25) is 0 Å². The first-order valence-electron chi connectivity index (χ1n) is 6.71. The van der Waals surface area contributed by atoms with Crippen LogP contribution in [0.3, 0.4) is 0 Å². The summed E-state index contributed by atoms with van der Waals surface area (Å²) in [7, 11) is 0. The molecule has 0 unspecified atom stereocenters. The Balaban J connectivity index is 0. The van der Waals surface area contributed by atoms with Crippen molar-refractivity contribution in [1.29, 1.82) is 0 Å². The summed E-state index contributed by atoms with van der Waals surface area (Å²) in [4.78, 5) is 0. The molecular weight excluding hydrogens is 260 g/mol. The first kappa shape index (κ1) is 18.6. The molecule has 0 aliphatic heterocycles. The minimum Gasteiger partial charge on any atom is -1.00 e. The van der Waals surface area contributed by atoms with Gasteiger partial charge in [0.2, 0.25) is 0 Å². The monoisotopic (exact) mass is 286 g/mol. The van der Waals surface area contributed by atoms with Crippen LogP contribution in [-0.2, 0) is 0 Å². The molecule has 0 fully saturated rings. The number of rotatable bonds is 11. The average molecular weight is 288 g/mol. The molecule has 88 valence electrons. The molecule has 0 N–H and O–H groups in total. The van der Waals surface area contributed by atoms with Gasteiger partial charge >= 0.3 is 96.9 Å².